The molecule has 0 unspecified atom stereocenters. The van der Waals surface area contributed by atoms with Crippen molar-refractivity contribution in [1.82, 2.24) is 20.3 Å². The molecule has 3 rings (SSSR count). The SMILES string of the molecule is CNC(=O)c1cc(Oc2ccc(CNC(=O)Nc3cccc(S(=O)(=O)NC(C)C)c3)cc2)ccn1. The summed E-state index contributed by atoms with van der Waals surface area (Å²) in [6, 6.07) is 15.5. The number of sulfonamides is 1. The van der Waals surface area contributed by atoms with E-state index >= 15 is 0 Å². The van der Waals surface area contributed by atoms with E-state index in [0.29, 0.717) is 17.2 Å². The number of nitrogens with one attached hydrogen (secondary N) is 4. The molecule has 0 aliphatic heterocycles. The standard InChI is InChI=1S/C24H27N5O5S/c1-16(2)29-35(32,33)21-6-4-5-18(13-21)28-24(31)27-15-17-7-9-19(10-8-17)34-20-11-12-26-22(14-20)23(30)25-3/h4-14,16,29H,15H2,1-3H3,(H,25,30)(H2,27,28,31). The molecule has 2 aromatic carbocycles. The van der Waals surface area contributed by atoms with Gasteiger partial charge in [-0.1, -0.05) is 18.2 Å². The fraction of sp³-hybridized carbons (Fsp3) is 0.208. The minimum atomic E-state index is -3.66. The average molecular weight is 498 g/mol. The molecule has 1 heterocycles. The lowest BCUT2D eigenvalue weighted by molar-refractivity contribution is 0.0957. The number of benzene rings is 2. The number of pyridine rings is 1. The van der Waals surface area contributed by atoms with Gasteiger partial charge < -0.3 is 20.7 Å². The molecule has 4 N–H and O–H groups in total. The fourth-order valence-corrected chi connectivity index (χ4v) is 4.31. The average Bonchev–Trinajstić information content (AvgIpc) is 2.83. The van der Waals surface area contributed by atoms with Crippen LogP contribution in [0.1, 0.15) is 29.9 Å². The molecule has 3 aromatic rings. The predicted octanol–water partition coefficient (Wildman–Crippen LogP) is 3.24. The third-order valence-corrected chi connectivity index (χ3v) is 6.25. The Morgan fingerprint density at radius 1 is 1.00 bits per heavy atom. The highest BCUT2D eigenvalue weighted by Gasteiger charge is 2.16. The van der Waals surface area contributed by atoms with Gasteiger partial charge in [0.2, 0.25) is 10.0 Å². The van der Waals surface area contributed by atoms with Crippen LogP contribution in [0.25, 0.3) is 0 Å². The zero-order valence-corrected chi connectivity index (χ0v) is 20.3. The van der Waals surface area contributed by atoms with E-state index in [1.807, 2.05) is 0 Å². The number of carbonyl (C=O) groups excluding carboxylic acids is 2. The van der Waals surface area contributed by atoms with Crippen LogP contribution in [0, 0.1) is 0 Å². The number of rotatable bonds is 9. The second kappa shape index (κ2) is 11.4. The Kier molecular flexibility index (Phi) is 8.39. The molecule has 0 aliphatic rings. The first kappa shape index (κ1) is 25.7. The van der Waals surface area contributed by atoms with E-state index < -0.39 is 16.1 Å². The van der Waals surface area contributed by atoms with Crippen molar-refractivity contribution in [2.45, 2.75) is 31.3 Å². The second-order valence-electron chi connectivity index (χ2n) is 7.81. The molecule has 11 heteroatoms. The largest absolute Gasteiger partial charge is 0.457 e. The first-order valence-electron chi connectivity index (χ1n) is 10.8. The monoisotopic (exact) mass is 497 g/mol. The first-order chi connectivity index (χ1) is 16.7. The third kappa shape index (κ3) is 7.52. The number of amides is 3. The van der Waals surface area contributed by atoms with E-state index in [2.05, 4.69) is 25.7 Å². The van der Waals surface area contributed by atoms with Crippen LogP contribution in [0.3, 0.4) is 0 Å². The molecule has 0 aliphatic carbocycles. The predicted molar refractivity (Wildman–Crippen MR) is 132 cm³/mol. The lowest BCUT2D eigenvalue weighted by atomic mass is 10.2. The fourth-order valence-electron chi connectivity index (χ4n) is 3.02. The first-order valence-corrected chi connectivity index (χ1v) is 12.3. The summed E-state index contributed by atoms with van der Waals surface area (Å²) in [6.07, 6.45) is 1.49. The van der Waals surface area contributed by atoms with Gasteiger partial charge >= 0.3 is 6.03 Å². The van der Waals surface area contributed by atoms with E-state index in [9.17, 15) is 18.0 Å². The van der Waals surface area contributed by atoms with Crippen LogP contribution in [0.4, 0.5) is 10.5 Å². The molecule has 0 fully saturated rings. The van der Waals surface area contributed by atoms with Crippen LogP contribution in [0.15, 0.2) is 71.8 Å². The summed E-state index contributed by atoms with van der Waals surface area (Å²) < 4.78 is 32.9. The lowest BCUT2D eigenvalue weighted by Gasteiger charge is -2.12. The summed E-state index contributed by atoms with van der Waals surface area (Å²) in [5.41, 5.74) is 1.42. The van der Waals surface area contributed by atoms with Crippen molar-refractivity contribution >= 4 is 27.6 Å². The Morgan fingerprint density at radius 3 is 2.43 bits per heavy atom. The zero-order valence-electron chi connectivity index (χ0n) is 19.5. The van der Waals surface area contributed by atoms with E-state index in [4.69, 9.17) is 4.74 Å². The van der Waals surface area contributed by atoms with Gasteiger partial charge in [-0.15, -0.1) is 0 Å². The maximum atomic E-state index is 12.3. The van der Waals surface area contributed by atoms with Crippen molar-refractivity contribution in [2.24, 2.45) is 0 Å². The highest BCUT2D eigenvalue weighted by molar-refractivity contribution is 7.89. The quantitative estimate of drug-likeness (QED) is 0.358. The van der Waals surface area contributed by atoms with Gasteiger partial charge in [-0.2, -0.15) is 0 Å². The van der Waals surface area contributed by atoms with E-state index in [1.54, 1.807) is 56.3 Å². The van der Waals surface area contributed by atoms with Gasteiger partial charge in [0.15, 0.2) is 0 Å². The van der Waals surface area contributed by atoms with Crippen LogP contribution in [-0.4, -0.2) is 38.4 Å². The van der Waals surface area contributed by atoms with Crippen molar-refractivity contribution in [3.05, 3.63) is 78.1 Å². The van der Waals surface area contributed by atoms with Crippen LogP contribution >= 0.6 is 0 Å². The van der Waals surface area contributed by atoms with Gasteiger partial charge in [0, 0.05) is 37.6 Å². The van der Waals surface area contributed by atoms with Crippen LogP contribution < -0.4 is 25.4 Å². The van der Waals surface area contributed by atoms with Gasteiger partial charge in [0.05, 0.1) is 4.90 Å². The normalized spacial score (nSPS) is 11.1. The number of ether oxygens (including phenoxy) is 1. The number of hydrogen-bond acceptors (Lipinski definition) is 6. The van der Waals surface area contributed by atoms with Crippen molar-refractivity contribution in [1.29, 1.82) is 0 Å². The number of urea groups is 1. The molecule has 0 bridgehead atoms. The molecular weight excluding hydrogens is 470 g/mol. The maximum absolute atomic E-state index is 12.3. The Bertz CT molecular complexity index is 1290. The third-order valence-electron chi connectivity index (χ3n) is 4.60. The van der Waals surface area contributed by atoms with Crippen LogP contribution in [-0.2, 0) is 16.6 Å². The minimum Gasteiger partial charge on any atom is -0.457 e. The summed E-state index contributed by atoms with van der Waals surface area (Å²) in [6.45, 7) is 3.71. The number of hydrogen-bond donors (Lipinski definition) is 4. The molecule has 184 valence electrons. The van der Waals surface area contributed by atoms with Gasteiger partial charge in [0.25, 0.3) is 5.91 Å². The number of nitrogens with zero attached hydrogens (tertiary/aromatic N) is 1. The smallest absolute Gasteiger partial charge is 0.319 e. The van der Waals surface area contributed by atoms with Gasteiger partial charge in [-0.3, -0.25) is 9.78 Å². The molecule has 0 spiro atoms. The number of carbonyl (C=O) groups is 2. The molecule has 3 amide bonds. The van der Waals surface area contributed by atoms with Crippen molar-refractivity contribution in [2.75, 3.05) is 12.4 Å². The molecule has 0 radical (unpaired) electrons. The van der Waals surface area contributed by atoms with Gasteiger partial charge in [-0.05, 0) is 55.8 Å². The number of anilines is 1. The van der Waals surface area contributed by atoms with E-state index in [0.717, 1.165) is 5.56 Å². The Morgan fingerprint density at radius 2 is 1.74 bits per heavy atom. The molecule has 0 atom stereocenters. The van der Waals surface area contributed by atoms with Crippen molar-refractivity contribution in [3.8, 4) is 11.5 Å². The van der Waals surface area contributed by atoms with Crippen molar-refractivity contribution in [3.63, 3.8) is 0 Å². The zero-order chi connectivity index (χ0) is 25.4. The summed E-state index contributed by atoms with van der Waals surface area (Å²) in [5.74, 6) is 0.715. The summed E-state index contributed by atoms with van der Waals surface area (Å²) in [4.78, 5) is 28.1. The molecule has 35 heavy (non-hydrogen) atoms. The maximum Gasteiger partial charge on any atom is 0.319 e. The minimum absolute atomic E-state index is 0.0660. The lowest BCUT2D eigenvalue weighted by Crippen LogP contribution is -2.30. The molecule has 1 aromatic heterocycles. The topological polar surface area (TPSA) is 139 Å². The summed E-state index contributed by atoms with van der Waals surface area (Å²) in [7, 11) is -2.14. The summed E-state index contributed by atoms with van der Waals surface area (Å²) >= 11 is 0. The van der Waals surface area contributed by atoms with Gasteiger partial charge in [-0.25, -0.2) is 17.9 Å². The van der Waals surface area contributed by atoms with Crippen molar-refractivity contribution < 1.29 is 22.7 Å². The van der Waals surface area contributed by atoms with E-state index in [1.165, 1.54) is 31.4 Å². The second-order valence-corrected chi connectivity index (χ2v) is 9.53. The van der Waals surface area contributed by atoms with E-state index in [-0.39, 0.29) is 29.1 Å². The number of aromatic nitrogens is 1. The molecule has 0 saturated heterocycles. The van der Waals surface area contributed by atoms with Crippen LogP contribution in [0.5, 0.6) is 11.5 Å². The Hall–Kier alpha value is -3.96. The summed E-state index contributed by atoms with van der Waals surface area (Å²) in [5, 5.41) is 7.87. The van der Waals surface area contributed by atoms with Crippen LogP contribution in [0.2, 0.25) is 0 Å². The Labute approximate surface area is 204 Å². The highest BCUT2D eigenvalue weighted by Crippen LogP contribution is 2.22. The molecular formula is C24H27N5O5S. The van der Waals surface area contributed by atoms with Gasteiger partial charge in [0.1, 0.15) is 17.2 Å². The molecule has 10 nitrogen and oxygen atoms in total. The molecule has 0 saturated carbocycles. The Balaban J connectivity index is 1.55. The highest BCUT2D eigenvalue weighted by atomic mass is 32.2.